The molecular formula is C16H21N. The quantitative estimate of drug-likeness (QED) is 0.783. The van der Waals surface area contributed by atoms with Crippen LogP contribution in [-0.4, -0.2) is 5.54 Å². The summed E-state index contributed by atoms with van der Waals surface area (Å²) < 4.78 is 0. The highest BCUT2D eigenvalue weighted by Crippen LogP contribution is 2.61. The topological polar surface area (TPSA) is 26.0 Å². The molecule has 5 rings (SSSR count). The molecule has 1 aromatic rings. The average Bonchev–Trinajstić information content (AvgIpc) is 2.27. The summed E-state index contributed by atoms with van der Waals surface area (Å²) in [6.07, 6.45) is 8.06. The van der Waals surface area contributed by atoms with Crippen LogP contribution in [0.5, 0.6) is 0 Å². The Morgan fingerprint density at radius 2 is 1.59 bits per heavy atom. The average molecular weight is 227 g/mol. The molecular weight excluding hydrogens is 206 g/mol. The van der Waals surface area contributed by atoms with Crippen molar-refractivity contribution in [2.45, 2.75) is 49.5 Å². The summed E-state index contributed by atoms with van der Waals surface area (Å²) in [4.78, 5) is 0. The molecule has 4 aliphatic rings. The molecule has 90 valence electrons. The van der Waals surface area contributed by atoms with Gasteiger partial charge in [-0.3, -0.25) is 0 Å². The maximum atomic E-state index is 6.64. The molecule has 0 heterocycles. The van der Waals surface area contributed by atoms with Gasteiger partial charge in [0.25, 0.3) is 0 Å². The predicted octanol–water partition coefficient (Wildman–Crippen LogP) is 3.24. The SMILES string of the molecule is NC12C[C@H]3C[C@@H](C1)CC(c1ccccc1)(C3)C2. The normalized spacial score (nSPS) is 47.4. The second-order valence-corrected chi connectivity index (χ2v) is 6.97. The first-order valence-electron chi connectivity index (χ1n) is 7.02. The Labute approximate surface area is 103 Å². The van der Waals surface area contributed by atoms with Crippen LogP contribution in [0.15, 0.2) is 30.3 Å². The van der Waals surface area contributed by atoms with Crippen LogP contribution in [0.1, 0.15) is 44.1 Å². The fraction of sp³-hybridized carbons (Fsp3) is 0.625. The van der Waals surface area contributed by atoms with Crippen molar-refractivity contribution in [3.63, 3.8) is 0 Å². The molecule has 0 radical (unpaired) electrons. The molecule has 17 heavy (non-hydrogen) atoms. The van der Waals surface area contributed by atoms with E-state index in [0.29, 0.717) is 5.41 Å². The second-order valence-electron chi connectivity index (χ2n) is 6.97. The molecule has 0 spiro atoms. The Bertz CT molecular complexity index is 422. The van der Waals surface area contributed by atoms with E-state index in [4.69, 9.17) is 5.73 Å². The minimum Gasteiger partial charge on any atom is -0.325 e. The minimum atomic E-state index is 0.167. The van der Waals surface area contributed by atoms with E-state index >= 15 is 0 Å². The lowest BCUT2D eigenvalue weighted by Gasteiger charge is -2.61. The lowest BCUT2D eigenvalue weighted by Crippen LogP contribution is -2.61. The summed E-state index contributed by atoms with van der Waals surface area (Å²) >= 11 is 0. The van der Waals surface area contributed by atoms with Crippen LogP contribution in [0.2, 0.25) is 0 Å². The van der Waals surface area contributed by atoms with Gasteiger partial charge in [0.2, 0.25) is 0 Å². The smallest absolute Gasteiger partial charge is 0.0168 e. The number of rotatable bonds is 1. The Morgan fingerprint density at radius 3 is 2.18 bits per heavy atom. The van der Waals surface area contributed by atoms with Crippen molar-refractivity contribution in [3.05, 3.63) is 35.9 Å². The lowest BCUT2D eigenvalue weighted by molar-refractivity contribution is -0.0227. The van der Waals surface area contributed by atoms with Crippen molar-refractivity contribution in [1.82, 2.24) is 0 Å². The summed E-state index contributed by atoms with van der Waals surface area (Å²) in [5.74, 6) is 1.81. The molecule has 0 aliphatic heterocycles. The van der Waals surface area contributed by atoms with Crippen LogP contribution < -0.4 is 5.73 Å². The fourth-order valence-electron chi connectivity index (χ4n) is 5.46. The van der Waals surface area contributed by atoms with Crippen molar-refractivity contribution < 1.29 is 0 Å². The van der Waals surface area contributed by atoms with Gasteiger partial charge in [-0.2, -0.15) is 0 Å². The predicted molar refractivity (Wildman–Crippen MR) is 69.7 cm³/mol. The van der Waals surface area contributed by atoms with E-state index in [1.165, 1.54) is 38.5 Å². The first kappa shape index (κ1) is 10.1. The lowest BCUT2D eigenvalue weighted by atomic mass is 9.45. The molecule has 0 saturated heterocycles. The summed E-state index contributed by atoms with van der Waals surface area (Å²) in [6, 6.07) is 11.2. The van der Waals surface area contributed by atoms with Crippen LogP contribution >= 0.6 is 0 Å². The second kappa shape index (κ2) is 3.14. The maximum absolute atomic E-state index is 6.64. The number of hydrogen-bond donors (Lipinski definition) is 1. The molecule has 1 nitrogen and oxygen atoms in total. The van der Waals surface area contributed by atoms with Gasteiger partial charge < -0.3 is 5.73 Å². The van der Waals surface area contributed by atoms with E-state index in [9.17, 15) is 0 Å². The van der Waals surface area contributed by atoms with Gasteiger partial charge in [-0.15, -0.1) is 0 Å². The Balaban J connectivity index is 1.79. The zero-order chi connectivity index (χ0) is 11.5. The molecule has 2 N–H and O–H groups in total. The molecule has 1 heteroatoms. The molecule has 4 aliphatic carbocycles. The number of hydrogen-bond acceptors (Lipinski definition) is 1. The van der Waals surface area contributed by atoms with Crippen LogP contribution in [0.4, 0.5) is 0 Å². The number of benzene rings is 1. The monoisotopic (exact) mass is 227 g/mol. The third kappa shape index (κ3) is 1.41. The van der Waals surface area contributed by atoms with Crippen molar-refractivity contribution in [1.29, 1.82) is 0 Å². The van der Waals surface area contributed by atoms with E-state index in [0.717, 1.165) is 11.8 Å². The zero-order valence-corrected chi connectivity index (χ0v) is 10.4. The standard InChI is InChI=1S/C16H21N/c17-16-9-12-6-13(10-16)8-15(7-12,11-16)14-4-2-1-3-5-14/h1-5,12-13H,6-11,17H2/t12-,13+,15?,16?. The molecule has 4 atom stereocenters. The van der Waals surface area contributed by atoms with Crippen LogP contribution in [-0.2, 0) is 5.41 Å². The summed E-state index contributed by atoms with van der Waals surface area (Å²) in [6.45, 7) is 0. The third-order valence-electron chi connectivity index (χ3n) is 5.49. The first-order chi connectivity index (χ1) is 8.18. The van der Waals surface area contributed by atoms with Gasteiger partial charge in [-0.25, -0.2) is 0 Å². The Kier molecular flexibility index (Phi) is 1.87. The van der Waals surface area contributed by atoms with Crippen molar-refractivity contribution in [3.8, 4) is 0 Å². The molecule has 0 amide bonds. The van der Waals surface area contributed by atoms with Gasteiger partial charge in [-0.1, -0.05) is 30.3 Å². The van der Waals surface area contributed by atoms with Crippen LogP contribution in [0.3, 0.4) is 0 Å². The Morgan fingerprint density at radius 1 is 0.941 bits per heavy atom. The summed E-state index contributed by atoms with van der Waals surface area (Å²) in [5, 5.41) is 0. The highest BCUT2D eigenvalue weighted by molar-refractivity contribution is 5.31. The van der Waals surface area contributed by atoms with Gasteiger partial charge in [-0.05, 0) is 61.3 Å². The molecule has 4 fully saturated rings. The Hall–Kier alpha value is -0.820. The molecule has 0 aromatic heterocycles. The van der Waals surface area contributed by atoms with Gasteiger partial charge in [0.05, 0.1) is 0 Å². The van der Waals surface area contributed by atoms with E-state index in [1.54, 1.807) is 5.56 Å². The van der Waals surface area contributed by atoms with Gasteiger partial charge in [0, 0.05) is 5.54 Å². The van der Waals surface area contributed by atoms with E-state index in [1.807, 2.05) is 0 Å². The van der Waals surface area contributed by atoms with Crippen molar-refractivity contribution in [2.75, 3.05) is 0 Å². The van der Waals surface area contributed by atoms with E-state index in [-0.39, 0.29) is 5.54 Å². The van der Waals surface area contributed by atoms with Crippen LogP contribution in [0.25, 0.3) is 0 Å². The summed E-state index contributed by atoms with van der Waals surface area (Å²) in [7, 11) is 0. The van der Waals surface area contributed by atoms with Crippen molar-refractivity contribution >= 4 is 0 Å². The largest absolute Gasteiger partial charge is 0.325 e. The minimum absolute atomic E-state index is 0.167. The first-order valence-corrected chi connectivity index (χ1v) is 7.02. The highest BCUT2D eigenvalue weighted by atomic mass is 14.8. The molecule has 2 unspecified atom stereocenters. The van der Waals surface area contributed by atoms with Crippen molar-refractivity contribution in [2.24, 2.45) is 17.6 Å². The molecule has 4 bridgehead atoms. The molecule has 1 aromatic carbocycles. The third-order valence-corrected chi connectivity index (χ3v) is 5.49. The highest BCUT2D eigenvalue weighted by Gasteiger charge is 2.56. The maximum Gasteiger partial charge on any atom is 0.0168 e. The number of nitrogens with two attached hydrogens (primary N) is 1. The van der Waals surface area contributed by atoms with Gasteiger partial charge >= 0.3 is 0 Å². The van der Waals surface area contributed by atoms with Crippen LogP contribution in [0, 0.1) is 11.8 Å². The summed E-state index contributed by atoms with van der Waals surface area (Å²) in [5.41, 5.74) is 8.80. The van der Waals surface area contributed by atoms with Gasteiger partial charge in [0.1, 0.15) is 0 Å². The molecule has 4 saturated carbocycles. The zero-order valence-electron chi connectivity index (χ0n) is 10.4. The fourth-order valence-corrected chi connectivity index (χ4v) is 5.46. The van der Waals surface area contributed by atoms with Gasteiger partial charge in [0.15, 0.2) is 0 Å². The van der Waals surface area contributed by atoms with E-state index in [2.05, 4.69) is 30.3 Å². The van der Waals surface area contributed by atoms with E-state index < -0.39 is 0 Å².